The van der Waals surface area contributed by atoms with Gasteiger partial charge >= 0.3 is 0 Å². The average molecular weight is 322 g/mol. The van der Waals surface area contributed by atoms with Crippen molar-refractivity contribution in [3.8, 4) is 0 Å². The second kappa shape index (κ2) is 7.92. The minimum absolute atomic E-state index is 0.253. The lowest BCUT2D eigenvalue weighted by Gasteiger charge is -2.34. The Kier molecular flexibility index (Phi) is 6.20. The fraction of sp³-hybridized carbons (Fsp3) is 0.688. The first-order chi connectivity index (χ1) is 10.5. The molecule has 2 heterocycles. The Labute approximate surface area is 137 Å². The molecule has 1 fully saturated rings. The summed E-state index contributed by atoms with van der Waals surface area (Å²) in [6, 6.07) is 0. The number of rotatable bonds is 5. The number of nitrogens with zero attached hydrogens (tertiary/aromatic N) is 4. The standard InChI is InChI=1S/C16H26N4OS/c1-5-19-8-10-20(11-9-19)15(21)7-6-14-12(2)17-16(22-4)18-13(14)3/h5-11H2,1-4H3. The summed E-state index contributed by atoms with van der Waals surface area (Å²) < 4.78 is 0. The molecule has 0 unspecified atom stereocenters. The number of hydrogen-bond acceptors (Lipinski definition) is 5. The van der Waals surface area contributed by atoms with Gasteiger partial charge in [0, 0.05) is 44.0 Å². The van der Waals surface area contributed by atoms with Crippen molar-refractivity contribution < 1.29 is 4.79 Å². The molecule has 0 spiro atoms. The van der Waals surface area contributed by atoms with Crippen LogP contribution in [0.4, 0.5) is 0 Å². The zero-order chi connectivity index (χ0) is 16.1. The molecule has 22 heavy (non-hydrogen) atoms. The monoisotopic (exact) mass is 322 g/mol. The molecule has 1 aromatic heterocycles. The maximum atomic E-state index is 12.4. The molecule has 2 rings (SSSR count). The lowest BCUT2D eigenvalue weighted by Crippen LogP contribution is -2.48. The van der Waals surface area contributed by atoms with Gasteiger partial charge in [0.05, 0.1) is 0 Å². The fourth-order valence-electron chi connectivity index (χ4n) is 2.87. The maximum absolute atomic E-state index is 12.4. The highest BCUT2D eigenvalue weighted by Crippen LogP contribution is 2.17. The SMILES string of the molecule is CCN1CCN(C(=O)CCc2c(C)nc(SC)nc2C)CC1. The lowest BCUT2D eigenvalue weighted by atomic mass is 10.1. The van der Waals surface area contributed by atoms with Crippen LogP contribution in [0.25, 0.3) is 0 Å². The molecule has 1 saturated heterocycles. The molecule has 0 saturated carbocycles. The van der Waals surface area contributed by atoms with Crippen molar-refractivity contribution in [1.29, 1.82) is 0 Å². The number of thioether (sulfide) groups is 1. The highest BCUT2D eigenvalue weighted by molar-refractivity contribution is 7.98. The van der Waals surface area contributed by atoms with E-state index in [1.54, 1.807) is 11.8 Å². The molecule has 0 bridgehead atoms. The molecule has 0 aromatic carbocycles. The van der Waals surface area contributed by atoms with Gasteiger partial charge < -0.3 is 9.80 Å². The maximum Gasteiger partial charge on any atom is 0.222 e. The normalized spacial score (nSPS) is 16.1. The van der Waals surface area contributed by atoms with Gasteiger partial charge in [0.2, 0.25) is 5.91 Å². The van der Waals surface area contributed by atoms with Gasteiger partial charge in [-0.25, -0.2) is 9.97 Å². The minimum Gasteiger partial charge on any atom is -0.340 e. The second-order valence-corrected chi connectivity index (χ2v) is 6.45. The van der Waals surface area contributed by atoms with E-state index in [-0.39, 0.29) is 5.91 Å². The molecule has 1 aromatic rings. The molecule has 122 valence electrons. The molecular weight excluding hydrogens is 296 g/mol. The van der Waals surface area contributed by atoms with Crippen LogP contribution in [-0.2, 0) is 11.2 Å². The van der Waals surface area contributed by atoms with Crippen LogP contribution < -0.4 is 0 Å². The Hall–Kier alpha value is -1.14. The number of aromatic nitrogens is 2. The molecule has 0 atom stereocenters. The van der Waals surface area contributed by atoms with Crippen LogP contribution in [0.1, 0.15) is 30.3 Å². The van der Waals surface area contributed by atoms with Crippen LogP contribution >= 0.6 is 11.8 Å². The van der Waals surface area contributed by atoms with Crippen molar-refractivity contribution in [1.82, 2.24) is 19.8 Å². The van der Waals surface area contributed by atoms with Crippen LogP contribution in [0.5, 0.6) is 0 Å². The van der Waals surface area contributed by atoms with Crippen molar-refractivity contribution in [2.24, 2.45) is 0 Å². The summed E-state index contributed by atoms with van der Waals surface area (Å²) in [5, 5.41) is 0.806. The van der Waals surface area contributed by atoms with Crippen LogP contribution in [0.2, 0.25) is 0 Å². The predicted molar refractivity (Wildman–Crippen MR) is 90.3 cm³/mol. The number of carbonyl (C=O) groups excluding carboxylic acids is 1. The van der Waals surface area contributed by atoms with Gasteiger partial charge in [-0.2, -0.15) is 0 Å². The van der Waals surface area contributed by atoms with Gasteiger partial charge in [0.1, 0.15) is 0 Å². The largest absolute Gasteiger partial charge is 0.340 e. The molecule has 1 aliphatic heterocycles. The van der Waals surface area contributed by atoms with Gasteiger partial charge in [-0.15, -0.1) is 0 Å². The summed E-state index contributed by atoms with van der Waals surface area (Å²) in [6.45, 7) is 10.9. The zero-order valence-electron chi connectivity index (χ0n) is 14.1. The molecule has 1 amide bonds. The van der Waals surface area contributed by atoms with Crippen LogP contribution in [0.15, 0.2) is 5.16 Å². The Morgan fingerprint density at radius 2 is 1.73 bits per heavy atom. The summed E-state index contributed by atoms with van der Waals surface area (Å²) in [5.74, 6) is 0.253. The summed E-state index contributed by atoms with van der Waals surface area (Å²) in [6.07, 6.45) is 3.27. The van der Waals surface area contributed by atoms with Crippen LogP contribution in [0.3, 0.4) is 0 Å². The Balaban J connectivity index is 1.92. The summed E-state index contributed by atoms with van der Waals surface area (Å²) in [7, 11) is 0. The van der Waals surface area contributed by atoms with Gasteiger partial charge in [0.25, 0.3) is 0 Å². The quantitative estimate of drug-likeness (QED) is 0.612. The lowest BCUT2D eigenvalue weighted by molar-refractivity contribution is -0.132. The van der Waals surface area contributed by atoms with E-state index < -0.39 is 0 Å². The van der Waals surface area contributed by atoms with Gasteiger partial charge in [-0.1, -0.05) is 18.7 Å². The first-order valence-electron chi connectivity index (χ1n) is 7.93. The van der Waals surface area contributed by atoms with E-state index in [0.717, 1.165) is 61.3 Å². The summed E-state index contributed by atoms with van der Waals surface area (Å²) >= 11 is 1.55. The molecule has 1 aliphatic rings. The van der Waals surface area contributed by atoms with Crippen molar-refractivity contribution in [3.63, 3.8) is 0 Å². The van der Waals surface area contributed by atoms with Crippen molar-refractivity contribution in [3.05, 3.63) is 17.0 Å². The van der Waals surface area contributed by atoms with Crippen LogP contribution in [0, 0.1) is 13.8 Å². The molecular formula is C16H26N4OS. The second-order valence-electron chi connectivity index (χ2n) is 5.67. The van der Waals surface area contributed by atoms with Gasteiger partial charge in [0.15, 0.2) is 5.16 Å². The van der Waals surface area contributed by atoms with E-state index in [1.807, 2.05) is 25.0 Å². The predicted octanol–water partition coefficient (Wildman–Crippen LogP) is 1.91. The Bertz CT molecular complexity index is 504. The molecule has 0 radical (unpaired) electrons. The van der Waals surface area contributed by atoms with E-state index in [0.29, 0.717) is 6.42 Å². The topological polar surface area (TPSA) is 49.3 Å². The number of amides is 1. The number of aryl methyl sites for hydroxylation is 2. The van der Waals surface area contributed by atoms with Crippen LogP contribution in [-0.4, -0.2) is 64.7 Å². The molecule has 0 N–H and O–H groups in total. The zero-order valence-corrected chi connectivity index (χ0v) is 14.9. The van der Waals surface area contributed by atoms with E-state index in [4.69, 9.17) is 0 Å². The van der Waals surface area contributed by atoms with Gasteiger partial charge in [-0.05, 0) is 38.6 Å². The number of likely N-dealkylation sites (N-methyl/N-ethyl adjacent to an activating group) is 1. The first kappa shape index (κ1) is 17.2. The number of carbonyl (C=O) groups is 1. The summed E-state index contributed by atoms with van der Waals surface area (Å²) in [4.78, 5) is 25.7. The van der Waals surface area contributed by atoms with Crippen molar-refractivity contribution in [2.45, 2.75) is 38.8 Å². The number of piperazine rings is 1. The molecule has 6 heteroatoms. The number of hydrogen-bond donors (Lipinski definition) is 0. The third-order valence-corrected chi connectivity index (χ3v) is 4.89. The Morgan fingerprint density at radius 3 is 2.23 bits per heavy atom. The molecule has 5 nitrogen and oxygen atoms in total. The van der Waals surface area contributed by atoms with Crippen molar-refractivity contribution >= 4 is 17.7 Å². The fourth-order valence-corrected chi connectivity index (χ4v) is 3.32. The first-order valence-corrected chi connectivity index (χ1v) is 9.15. The van der Waals surface area contributed by atoms with E-state index in [1.165, 1.54) is 0 Å². The summed E-state index contributed by atoms with van der Waals surface area (Å²) in [5.41, 5.74) is 3.12. The smallest absolute Gasteiger partial charge is 0.222 e. The third kappa shape index (κ3) is 4.20. The molecule has 0 aliphatic carbocycles. The highest BCUT2D eigenvalue weighted by Gasteiger charge is 2.20. The van der Waals surface area contributed by atoms with Crippen molar-refractivity contribution in [2.75, 3.05) is 39.0 Å². The van der Waals surface area contributed by atoms with Gasteiger partial charge in [-0.3, -0.25) is 4.79 Å². The van der Waals surface area contributed by atoms with E-state index >= 15 is 0 Å². The Morgan fingerprint density at radius 1 is 1.14 bits per heavy atom. The third-order valence-electron chi connectivity index (χ3n) is 4.34. The minimum atomic E-state index is 0.253. The van der Waals surface area contributed by atoms with E-state index in [9.17, 15) is 4.79 Å². The average Bonchev–Trinajstić information content (AvgIpc) is 2.53. The highest BCUT2D eigenvalue weighted by atomic mass is 32.2. The van der Waals surface area contributed by atoms with E-state index in [2.05, 4.69) is 21.8 Å².